The molecule has 1 heterocycles. The largest absolute Gasteiger partial charge is 0.473 e. The summed E-state index contributed by atoms with van der Waals surface area (Å²) in [4.78, 5) is 63.1. The lowest BCUT2D eigenvalue weighted by atomic mass is 9.97. The van der Waals surface area contributed by atoms with E-state index < -0.39 is 66.5 Å². The van der Waals surface area contributed by atoms with Crippen molar-refractivity contribution in [2.24, 2.45) is 5.73 Å². The minimum atomic E-state index is -1.82. The van der Waals surface area contributed by atoms with Crippen molar-refractivity contribution in [3.63, 3.8) is 0 Å². The SMILES string of the molecule is CC(=O)OC[C@H]1O[C@H](OC(C)=O)[C@@H](N)[C@@H](OC(C)=O)[C@@H]1OC(C)=O.O=C(O)C(=O)O. The molecule has 0 spiro atoms. The molecule has 0 aromatic carbocycles. The van der Waals surface area contributed by atoms with Crippen LogP contribution in [0.3, 0.4) is 0 Å². The Morgan fingerprint density at radius 1 is 0.767 bits per heavy atom. The highest BCUT2D eigenvalue weighted by molar-refractivity contribution is 6.27. The summed E-state index contributed by atoms with van der Waals surface area (Å²) in [7, 11) is 0. The molecule has 0 amide bonds. The number of aliphatic carboxylic acids is 2. The third-order valence-electron chi connectivity index (χ3n) is 3.21. The van der Waals surface area contributed by atoms with Gasteiger partial charge in [-0.15, -0.1) is 0 Å². The number of carboxylic acids is 2. The zero-order valence-electron chi connectivity index (χ0n) is 16.6. The van der Waals surface area contributed by atoms with Gasteiger partial charge in [0, 0.05) is 27.7 Å². The number of ether oxygens (including phenoxy) is 5. The smallest absolute Gasteiger partial charge is 0.414 e. The number of nitrogens with two attached hydrogens (primary N) is 1. The predicted octanol–water partition coefficient (Wildman–Crippen LogP) is -1.82. The van der Waals surface area contributed by atoms with E-state index in [-0.39, 0.29) is 6.61 Å². The summed E-state index contributed by atoms with van der Waals surface area (Å²) in [6.07, 6.45) is -4.58. The average molecular weight is 437 g/mol. The van der Waals surface area contributed by atoms with Crippen LogP contribution >= 0.6 is 0 Å². The van der Waals surface area contributed by atoms with Crippen molar-refractivity contribution in [1.82, 2.24) is 0 Å². The average Bonchev–Trinajstić information content (AvgIpc) is 2.58. The van der Waals surface area contributed by atoms with Gasteiger partial charge in [0.1, 0.15) is 18.8 Å². The molecule has 14 nitrogen and oxygen atoms in total. The van der Waals surface area contributed by atoms with Gasteiger partial charge < -0.3 is 39.6 Å². The topological polar surface area (TPSA) is 215 Å². The van der Waals surface area contributed by atoms with Crippen molar-refractivity contribution in [3.05, 3.63) is 0 Å². The number of hydrogen-bond acceptors (Lipinski definition) is 12. The van der Waals surface area contributed by atoms with Crippen LogP contribution in [0.15, 0.2) is 0 Å². The molecule has 170 valence electrons. The van der Waals surface area contributed by atoms with E-state index in [9.17, 15) is 19.2 Å². The molecule has 1 aliphatic rings. The Bertz CT molecular complexity index is 648. The summed E-state index contributed by atoms with van der Waals surface area (Å²) in [5.74, 6) is -6.27. The van der Waals surface area contributed by atoms with Gasteiger partial charge in [-0.25, -0.2) is 9.59 Å². The first kappa shape index (κ1) is 26.7. The number of rotatable bonds is 5. The van der Waals surface area contributed by atoms with Crippen molar-refractivity contribution < 1.29 is 62.7 Å². The highest BCUT2D eigenvalue weighted by Gasteiger charge is 2.50. The van der Waals surface area contributed by atoms with Crippen LogP contribution in [0.25, 0.3) is 0 Å². The maximum absolute atomic E-state index is 11.3. The van der Waals surface area contributed by atoms with Gasteiger partial charge >= 0.3 is 35.8 Å². The highest BCUT2D eigenvalue weighted by atomic mass is 16.7. The van der Waals surface area contributed by atoms with Gasteiger partial charge in [0.2, 0.25) is 6.29 Å². The van der Waals surface area contributed by atoms with Crippen LogP contribution in [-0.2, 0) is 52.5 Å². The minimum Gasteiger partial charge on any atom is -0.473 e. The lowest BCUT2D eigenvalue weighted by Gasteiger charge is -2.42. The summed E-state index contributed by atoms with van der Waals surface area (Å²) >= 11 is 0. The van der Waals surface area contributed by atoms with Crippen LogP contribution in [0.1, 0.15) is 27.7 Å². The van der Waals surface area contributed by atoms with Gasteiger partial charge in [-0.1, -0.05) is 0 Å². The van der Waals surface area contributed by atoms with Crippen LogP contribution in [-0.4, -0.2) is 83.3 Å². The molecule has 1 rings (SSSR count). The Morgan fingerprint density at radius 2 is 1.20 bits per heavy atom. The number of esters is 4. The lowest BCUT2D eigenvalue weighted by molar-refractivity contribution is -0.267. The zero-order chi connectivity index (χ0) is 23.6. The fraction of sp³-hybridized carbons (Fsp3) is 0.625. The van der Waals surface area contributed by atoms with Crippen LogP contribution < -0.4 is 5.73 Å². The third-order valence-corrected chi connectivity index (χ3v) is 3.21. The van der Waals surface area contributed by atoms with E-state index in [1.165, 1.54) is 6.92 Å². The summed E-state index contributed by atoms with van der Waals surface area (Å²) < 4.78 is 25.5. The monoisotopic (exact) mass is 437 g/mol. The number of carbonyl (C=O) groups is 6. The fourth-order valence-electron chi connectivity index (χ4n) is 2.20. The quantitative estimate of drug-likeness (QED) is 0.245. The maximum atomic E-state index is 11.3. The molecular weight excluding hydrogens is 414 g/mol. The molecule has 0 aliphatic carbocycles. The number of carbonyl (C=O) groups excluding carboxylic acids is 4. The van der Waals surface area contributed by atoms with E-state index in [4.69, 9.17) is 49.2 Å². The Labute approximate surface area is 170 Å². The molecule has 0 saturated carbocycles. The number of carboxylic acid groups (broad SMARTS) is 2. The second kappa shape index (κ2) is 12.3. The molecule has 1 fully saturated rings. The molecule has 1 aliphatic heterocycles. The summed E-state index contributed by atoms with van der Waals surface area (Å²) in [5.41, 5.74) is 5.93. The van der Waals surface area contributed by atoms with E-state index in [1.807, 2.05) is 0 Å². The van der Waals surface area contributed by atoms with Crippen molar-refractivity contribution in [3.8, 4) is 0 Å². The van der Waals surface area contributed by atoms with Gasteiger partial charge in [-0.05, 0) is 0 Å². The maximum Gasteiger partial charge on any atom is 0.414 e. The van der Waals surface area contributed by atoms with Crippen molar-refractivity contribution in [2.45, 2.75) is 58.3 Å². The second-order valence-electron chi connectivity index (χ2n) is 5.79. The summed E-state index contributed by atoms with van der Waals surface area (Å²) in [5, 5.41) is 14.8. The minimum absolute atomic E-state index is 0.310. The van der Waals surface area contributed by atoms with E-state index in [0.29, 0.717) is 0 Å². The Kier molecular flexibility index (Phi) is 11.0. The molecule has 4 N–H and O–H groups in total. The highest BCUT2D eigenvalue weighted by Crippen LogP contribution is 2.26. The van der Waals surface area contributed by atoms with Crippen LogP contribution in [0.2, 0.25) is 0 Å². The van der Waals surface area contributed by atoms with Gasteiger partial charge in [0.15, 0.2) is 12.2 Å². The van der Waals surface area contributed by atoms with E-state index in [1.54, 1.807) is 0 Å². The molecule has 30 heavy (non-hydrogen) atoms. The summed E-state index contributed by atoms with van der Waals surface area (Å²) in [6, 6.07) is -1.10. The Balaban J connectivity index is 0.00000122. The zero-order valence-corrected chi connectivity index (χ0v) is 16.6. The van der Waals surface area contributed by atoms with Crippen molar-refractivity contribution in [2.75, 3.05) is 6.61 Å². The molecule has 5 atom stereocenters. The van der Waals surface area contributed by atoms with E-state index in [2.05, 4.69) is 0 Å². The second-order valence-corrected chi connectivity index (χ2v) is 5.79. The Morgan fingerprint density at radius 3 is 1.57 bits per heavy atom. The first-order valence-corrected chi connectivity index (χ1v) is 8.28. The van der Waals surface area contributed by atoms with Crippen molar-refractivity contribution in [1.29, 1.82) is 0 Å². The molecule has 0 unspecified atom stereocenters. The molecule has 0 radical (unpaired) electrons. The molecule has 14 heteroatoms. The number of hydrogen-bond donors (Lipinski definition) is 3. The first-order chi connectivity index (χ1) is 13.8. The van der Waals surface area contributed by atoms with E-state index >= 15 is 0 Å². The Hall–Kier alpha value is -3.26. The first-order valence-electron chi connectivity index (χ1n) is 8.28. The molecule has 0 bridgehead atoms. The van der Waals surface area contributed by atoms with Crippen molar-refractivity contribution >= 4 is 35.8 Å². The lowest BCUT2D eigenvalue weighted by Crippen LogP contribution is -2.65. The third kappa shape index (κ3) is 9.79. The molecule has 1 saturated heterocycles. The van der Waals surface area contributed by atoms with E-state index in [0.717, 1.165) is 20.8 Å². The molecule has 0 aromatic rings. The standard InChI is InChI=1S/C14H21NO9.C2H2O4/c1-6(16)20-5-10-12(21-7(2)17)13(22-8(3)18)11(15)14(24-10)23-9(4)19;3-1(4)2(5)6/h10-14H,5,15H2,1-4H3;(H,3,4)(H,5,6)/t10-,11+,12-,13-,14+;/m1./s1. The normalized spacial score (nSPS) is 24.9. The molecular formula is C16H23NO13. The predicted molar refractivity (Wildman–Crippen MR) is 91.4 cm³/mol. The summed E-state index contributed by atoms with van der Waals surface area (Å²) in [6.45, 7) is 4.32. The van der Waals surface area contributed by atoms with Gasteiger partial charge in [0.25, 0.3) is 0 Å². The van der Waals surface area contributed by atoms with Gasteiger partial charge in [-0.2, -0.15) is 0 Å². The van der Waals surface area contributed by atoms with Crippen LogP contribution in [0, 0.1) is 0 Å². The molecule has 0 aromatic heterocycles. The van der Waals surface area contributed by atoms with Crippen LogP contribution in [0.4, 0.5) is 0 Å². The van der Waals surface area contributed by atoms with Gasteiger partial charge in [0.05, 0.1) is 0 Å². The van der Waals surface area contributed by atoms with Crippen LogP contribution in [0.5, 0.6) is 0 Å². The fourth-order valence-corrected chi connectivity index (χ4v) is 2.20. The van der Waals surface area contributed by atoms with Gasteiger partial charge in [-0.3, -0.25) is 19.2 Å².